The quantitative estimate of drug-likeness (QED) is 0.715. The van der Waals surface area contributed by atoms with Crippen LogP contribution in [0, 0.1) is 0 Å². The first-order valence-corrected chi connectivity index (χ1v) is 10.7. The van der Waals surface area contributed by atoms with Crippen LogP contribution in [0.1, 0.15) is 29.2 Å². The maximum absolute atomic E-state index is 13.2. The van der Waals surface area contributed by atoms with E-state index in [1.807, 2.05) is 54.6 Å². The third kappa shape index (κ3) is 4.89. The average molecular weight is 408 g/mol. The fourth-order valence-corrected chi connectivity index (χ4v) is 4.22. The van der Waals surface area contributed by atoms with Gasteiger partial charge in [0.05, 0.1) is 19.6 Å². The summed E-state index contributed by atoms with van der Waals surface area (Å²) in [6.45, 7) is 5.43. The molecule has 0 radical (unpaired) electrons. The van der Waals surface area contributed by atoms with Crippen molar-refractivity contribution in [1.29, 1.82) is 0 Å². The van der Waals surface area contributed by atoms with Crippen LogP contribution in [0.5, 0.6) is 0 Å². The third-order valence-corrected chi connectivity index (χ3v) is 5.82. The molecule has 2 aliphatic rings. The number of nitrogens with one attached hydrogen (secondary N) is 1. The molecule has 0 aliphatic carbocycles. The Morgan fingerprint density at radius 2 is 1.77 bits per heavy atom. The number of rotatable bonds is 7. The minimum absolute atomic E-state index is 0.00832. The lowest BCUT2D eigenvalue weighted by molar-refractivity contribution is -0.142. The van der Waals surface area contributed by atoms with Gasteiger partial charge in [-0.2, -0.15) is 0 Å². The van der Waals surface area contributed by atoms with E-state index in [4.69, 9.17) is 4.74 Å². The maximum Gasteiger partial charge on any atom is 0.247 e. The van der Waals surface area contributed by atoms with Gasteiger partial charge in [0, 0.05) is 26.2 Å². The molecule has 6 heteroatoms. The van der Waals surface area contributed by atoms with E-state index >= 15 is 0 Å². The van der Waals surface area contributed by atoms with Crippen LogP contribution >= 0.6 is 0 Å². The summed E-state index contributed by atoms with van der Waals surface area (Å²) in [5.41, 5.74) is 2.90. The van der Waals surface area contributed by atoms with Crippen LogP contribution in [0.15, 0.2) is 54.6 Å². The molecule has 4 rings (SSSR count). The smallest absolute Gasteiger partial charge is 0.247 e. The zero-order chi connectivity index (χ0) is 20.8. The van der Waals surface area contributed by atoms with Gasteiger partial charge >= 0.3 is 0 Å². The highest BCUT2D eigenvalue weighted by molar-refractivity contribution is 5.92. The minimum atomic E-state index is -0.592. The highest BCUT2D eigenvalue weighted by Crippen LogP contribution is 2.32. The van der Waals surface area contributed by atoms with Crippen LogP contribution in [-0.2, 0) is 27.3 Å². The van der Waals surface area contributed by atoms with E-state index in [2.05, 4.69) is 10.2 Å². The lowest BCUT2D eigenvalue weighted by atomic mass is 9.91. The molecule has 0 saturated carbocycles. The van der Waals surface area contributed by atoms with E-state index in [0.29, 0.717) is 19.5 Å². The Kier molecular flexibility index (Phi) is 6.77. The van der Waals surface area contributed by atoms with Crippen molar-refractivity contribution in [2.24, 2.45) is 0 Å². The van der Waals surface area contributed by atoms with Gasteiger partial charge in [-0.1, -0.05) is 54.6 Å². The lowest BCUT2D eigenvalue weighted by Crippen LogP contribution is -2.47. The largest absolute Gasteiger partial charge is 0.379 e. The lowest BCUT2D eigenvalue weighted by Gasteiger charge is -2.36. The summed E-state index contributed by atoms with van der Waals surface area (Å²) < 4.78 is 5.38. The zero-order valence-corrected chi connectivity index (χ0v) is 17.3. The molecule has 158 valence electrons. The summed E-state index contributed by atoms with van der Waals surface area (Å²) in [6, 6.07) is 17.0. The van der Waals surface area contributed by atoms with Gasteiger partial charge in [0.25, 0.3) is 0 Å². The molecule has 1 fully saturated rings. The molecule has 0 spiro atoms. The molecule has 0 aromatic heterocycles. The Hall–Kier alpha value is -2.70. The Bertz CT molecular complexity index is 865. The molecular weight excluding hydrogens is 378 g/mol. The van der Waals surface area contributed by atoms with E-state index in [1.54, 1.807) is 4.90 Å². The number of carbonyl (C=O) groups excluding carboxylic acids is 2. The van der Waals surface area contributed by atoms with E-state index in [9.17, 15) is 9.59 Å². The number of hydrogen-bond donors (Lipinski definition) is 1. The SMILES string of the molecule is O=C(NCCCN1CCOCC1)C1c2ccccc2CC(=O)N1Cc1ccccc1. The zero-order valence-electron chi connectivity index (χ0n) is 17.3. The predicted octanol–water partition coefficient (Wildman–Crippen LogP) is 2.15. The molecule has 1 unspecified atom stereocenters. The van der Waals surface area contributed by atoms with Crippen molar-refractivity contribution < 1.29 is 14.3 Å². The summed E-state index contributed by atoms with van der Waals surface area (Å²) in [5, 5.41) is 3.08. The Balaban J connectivity index is 1.44. The number of amides is 2. The summed E-state index contributed by atoms with van der Waals surface area (Å²) in [7, 11) is 0. The predicted molar refractivity (Wildman–Crippen MR) is 115 cm³/mol. The second-order valence-corrected chi connectivity index (χ2v) is 7.88. The first-order chi connectivity index (χ1) is 14.7. The van der Waals surface area contributed by atoms with E-state index in [0.717, 1.165) is 56.0 Å². The van der Waals surface area contributed by atoms with Gasteiger partial charge in [-0.15, -0.1) is 0 Å². The van der Waals surface area contributed by atoms with E-state index < -0.39 is 6.04 Å². The first kappa shape index (κ1) is 20.6. The number of fused-ring (bicyclic) bond motifs is 1. The minimum Gasteiger partial charge on any atom is -0.379 e. The van der Waals surface area contributed by atoms with Crippen LogP contribution in [0.25, 0.3) is 0 Å². The number of hydrogen-bond acceptors (Lipinski definition) is 4. The molecule has 2 aliphatic heterocycles. The van der Waals surface area contributed by atoms with Crippen LogP contribution in [-0.4, -0.2) is 61.0 Å². The summed E-state index contributed by atoms with van der Waals surface area (Å²) >= 11 is 0. The second-order valence-electron chi connectivity index (χ2n) is 7.88. The maximum atomic E-state index is 13.2. The highest BCUT2D eigenvalue weighted by Gasteiger charge is 2.36. The fourth-order valence-electron chi connectivity index (χ4n) is 4.22. The van der Waals surface area contributed by atoms with Crippen molar-refractivity contribution in [3.8, 4) is 0 Å². The number of nitrogens with zero attached hydrogens (tertiary/aromatic N) is 2. The topological polar surface area (TPSA) is 61.9 Å². The molecule has 1 atom stereocenters. The third-order valence-electron chi connectivity index (χ3n) is 5.82. The average Bonchev–Trinajstić information content (AvgIpc) is 2.78. The molecule has 1 N–H and O–H groups in total. The van der Waals surface area contributed by atoms with Crippen molar-refractivity contribution in [1.82, 2.24) is 15.1 Å². The fraction of sp³-hybridized carbons (Fsp3) is 0.417. The van der Waals surface area contributed by atoms with Gasteiger partial charge < -0.3 is 15.0 Å². The van der Waals surface area contributed by atoms with Crippen molar-refractivity contribution in [3.05, 3.63) is 71.3 Å². The van der Waals surface area contributed by atoms with Crippen molar-refractivity contribution >= 4 is 11.8 Å². The highest BCUT2D eigenvalue weighted by atomic mass is 16.5. The molecule has 2 aromatic carbocycles. The molecule has 1 saturated heterocycles. The Morgan fingerprint density at radius 3 is 2.57 bits per heavy atom. The molecular formula is C24H29N3O3. The first-order valence-electron chi connectivity index (χ1n) is 10.7. The van der Waals surface area contributed by atoms with Gasteiger partial charge in [0.15, 0.2) is 0 Å². The van der Waals surface area contributed by atoms with Crippen LogP contribution in [0.2, 0.25) is 0 Å². The second kappa shape index (κ2) is 9.87. The number of benzene rings is 2. The Labute approximate surface area is 177 Å². The molecule has 2 aromatic rings. The number of carbonyl (C=O) groups is 2. The van der Waals surface area contributed by atoms with Gasteiger partial charge in [-0.3, -0.25) is 14.5 Å². The van der Waals surface area contributed by atoms with Gasteiger partial charge in [-0.25, -0.2) is 0 Å². The summed E-state index contributed by atoms with van der Waals surface area (Å²) in [6.07, 6.45) is 1.22. The molecule has 30 heavy (non-hydrogen) atoms. The van der Waals surface area contributed by atoms with Crippen molar-refractivity contribution in [3.63, 3.8) is 0 Å². The standard InChI is InChI=1S/C24H29N3O3/c28-22-17-20-9-4-5-10-21(20)23(27(22)18-19-7-2-1-3-8-19)24(29)25-11-6-12-26-13-15-30-16-14-26/h1-5,7-10,23H,6,11-18H2,(H,25,29). The normalized spacial score (nSPS) is 19.4. The summed E-state index contributed by atoms with van der Waals surface area (Å²) in [4.78, 5) is 30.2. The summed E-state index contributed by atoms with van der Waals surface area (Å²) in [5.74, 6) is -0.112. The van der Waals surface area contributed by atoms with Gasteiger partial charge in [-0.05, 0) is 29.7 Å². The van der Waals surface area contributed by atoms with Crippen molar-refractivity contribution in [2.45, 2.75) is 25.4 Å². The molecule has 0 bridgehead atoms. The number of ether oxygens (including phenoxy) is 1. The molecule has 2 heterocycles. The number of morpholine rings is 1. The van der Waals surface area contributed by atoms with Crippen LogP contribution in [0.3, 0.4) is 0 Å². The monoisotopic (exact) mass is 407 g/mol. The molecule has 6 nitrogen and oxygen atoms in total. The van der Waals surface area contributed by atoms with Gasteiger partial charge in [0.1, 0.15) is 6.04 Å². The molecule has 2 amide bonds. The van der Waals surface area contributed by atoms with Gasteiger partial charge in [0.2, 0.25) is 11.8 Å². The van der Waals surface area contributed by atoms with Crippen LogP contribution in [0.4, 0.5) is 0 Å². The van der Waals surface area contributed by atoms with Crippen LogP contribution < -0.4 is 5.32 Å². The van der Waals surface area contributed by atoms with Crippen molar-refractivity contribution in [2.75, 3.05) is 39.4 Å². The Morgan fingerprint density at radius 1 is 1.03 bits per heavy atom. The van der Waals surface area contributed by atoms with E-state index in [1.165, 1.54) is 0 Å². The van der Waals surface area contributed by atoms with E-state index in [-0.39, 0.29) is 11.8 Å².